The molecule has 0 atom stereocenters. The van der Waals surface area contributed by atoms with Gasteiger partial charge in [-0.25, -0.2) is 0 Å². The van der Waals surface area contributed by atoms with Gasteiger partial charge in [0.05, 0.1) is 22.4 Å². The van der Waals surface area contributed by atoms with Gasteiger partial charge in [-0.2, -0.15) is 0 Å². The van der Waals surface area contributed by atoms with Crippen molar-refractivity contribution in [1.82, 2.24) is 4.57 Å². The molecular weight excluding hydrogens is 605 g/mol. The normalized spacial score (nSPS) is 11.6. The second-order valence-electron chi connectivity index (χ2n) is 13.0. The van der Waals surface area contributed by atoms with Gasteiger partial charge in [0, 0.05) is 33.1 Å². The van der Waals surface area contributed by atoms with Crippen molar-refractivity contribution >= 4 is 71.2 Å². The molecule has 0 radical (unpaired) electrons. The van der Waals surface area contributed by atoms with E-state index in [0.717, 1.165) is 22.7 Å². The highest BCUT2D eigenvalue weighted by Crippen LogP contribution is 2.45. The number of anilines is 3. The molecule has 0 fully saturated rings. The third-order valence-electron chi connectivity index (χ3n) is 10.1. The smallest absolute Gasteiger partial charge is 0.0547 e. The van der Waals surface area contributed by atoms with E-state index in [1.807, 2.05) is 0 Å². The Bertz CT molecular complexity index is 2860. The molecule has 2 nitrogen and oxygen atoms in total. The first-order valence-electron chi connectivity index (χ1n) is 17.2. The van der Waals surface area contributed by atoms with Crippen molar-refractivity contribution in [2.24, 2.45) is 0 Å². The highest BCUT2D eigenvalue weighted by Gasteiger charge is 2.21. The average Bonchev–Trinajstić information content (AvgIpc) is 3.51. The standard InChI is InChI=1S/C48H32N2/c1-2-14-33(15-3-1)40-20-10-12-24-45(40)49(47-32-36-18-6-7-19-39(36)41-21-8-9-22-42(41)47)37-26-28-38(29-27-37)50-46-25-13-11-23-43(46)44-30-34-16-4-5-17-35(34)31-48(44)50/h1-32H. The summed E-state index contributed by atoms with van der Waals surface area (Å²) in [5, 5.41) is 9.98. The number of benzene rings is 9. The molecule has 50 heavy (non-hydrogen) atoms. The highest BCUT2D eigenvalue weighted by atomic mass is 15.1. The van der Waals surface area contributed by atoms with E-state index in [2.05, 4.69) is 204 Å². The van der Waals surface area contributed by atoms with Gasteiger partial charge in [0.25, 0.3) is 0 Å². The molecule has 10 aromatic rings. The molecule has 1 heterocycles. The van der Waals surface area contributed by atoms with Crippen molar-refractivity contribution in [3.63, 3.8) is 0 Å². The van der Waals surface area contributed by atoms with Crippen molar-refractivity contribution in [1.29, 1.82) is 0 Å². The molecule has 0 saturated carbocycles. The average molecular weight is 637 g/mol. The maximum Gasteiger partial charge on any atom is 0.0547 e. The van der Waals surface area contributed by atoms with Crippen LogP contribution in [0.3, 0.4) is 0 Å². The van der Waals surface area contributed by atoms with Crippen molar-refractivity contribution in [3.8, 4) is 16.8 Å². The van der Waals surface area contributed by atoms with Crippen molar-refractivity contribution in [2.45, 2.75) is 0 Å². The predicted octanol–water partition coefficient (Wildman–Crippen LogP) is 13.4. The lowest BCUT2D eigenvalue weighted by Crippen LogP contribution is -2.12. The van der Waals surface area contributed by atoms with E-state index in [1.165, 1.54) is 65.3 Å². The summed E-state index contributed by atoms with van der Waals surface area (Å²) in [6.07, 6.45) is 0. The van der Waals surface area contributed by atoms with E-state index < -0.39 is 0 Å². The summed E-state index contributed by atoms with van der Waals surface area (Å²) < 4.78 is 2.41. The maximum atomic E-state index is 2.44. The molecule has 9 aromatic carbocycles. The zero-order valence-electron chi connectivity index (χ0n) is 27.4. The zero-order valence-corrected chi connectivity index (χ0v) is 27.4. The molecule has 0 aliphatic rings. The van der Waals surface area contributed by atoms with E-state index in [0.29, 0.717) is 0 Å². The van der Waals surface area contributed by atoms with Gasteiger partial charge in [0.15, 0.2) is 0 Å². The van der Waals surface area contributed by atoms with Crippen molar-refractivity contribution in [3.05, 3.63) is 194 Å². The summed E-state index contributed by atoms with van der Waals surface area (Å²) >= 11 is 0. The van der Waals surface area contributed by atoms with Crippen LogP contribution in [0.1, 0.15) is 0 Å². The van der Waals surface area contributed by atoms with Gasteiger partial charge in [0.1, 0.15) is 0 Å². The Morgan fingerprint density at radius 1 is 0.340 bits per heavy atom. The first-order chi connectivity index (χ1) is 24.8. The predicted molar refractivity (Wildman–Crippen MR) is 213 cm³/mol. The number of aromatic nitrogens is 1. The second kappa shape index (κ2) is 11.5. The van der Waals surface area contributed by atoms with Gasteiger partial charge >= 0.3 is 0 Å². The number of fused-ring (bicyclic) bond motifs is 7. The Morgan fingerprint density at radius 3 is 1.74 bits per heavy atom. The molecule has 0 aliphatic carbocycles. The third-order valence-corrected chi connectivity index (χ3v) is 10.1. The molecule has 0 bridgehead atoms. The molecule has 234 valence electrons. The first kappa shape index (κ1) is 28.4. The van der Waals surface area contributed by atoms with Crippen LogP contribution in [0, 0.1) is 0 Å². The quantitative estimate of drug-likeness (QED) is 0.171. The van der Waals surface area contributed by atoms with Crippen molar-refractivity contribution in [2.75, 3.05) is 4.90 Å². The van der Waals surface area contributed by atoms with Crippen LogP contribution in [0.25, 0.3) is 70.9 Å². The minimum atomic E-state index is 1.10. The lowest BCUT2D eigenvalue weighted by atomic mass is 9.97. The van der Waals surface area contributed by atoms with Gasteiger partial charge in [-0.15, -0.1) is 0 Å². The zero-order chi connectivity index (χ0) is 33.0. The molecule has 0 amide bonds. The Labute approximate surface area is 290 Å². The molecular formula is C48H32N2. The topological polar surface area (TPSA) is 8.17 Å². The summed E-state index contributed by atoms with van der Waals surface area (Å²) in [6.45, 7) is 0. The SMILES string of the molecule is c1ccc(-c2ccccc2N(c2ccc(-n3c4ccccc4c4cc5ccccc5cc43)cc2)c2cc3ccccc3c3ccccc23)cc1. The molecule has 0 saturated heterocycles. The fraction of sp³-hybridized carbons (Fsp3) is 0. The summed E-state index contributed by atoms with van der Waals surface area (Å²) in [5.41, 5.74) is 9.31. The third kappa shape index (κ3) is 4.50. The lowest BCUT2D eigenvalue weighted by Gasteiger charge is -2.30. The molecule has 0 unspecified atom stereocenters. The van der Waals surface area contributed by atoms with Crippen LogP contribution in [0.15, 0.2) is 194 Å². The second-order valence-corrected chi connectivity index (χ2v) is 13.0. The van der Waals surface area contributed by atoms with E-state index >= 15 is 0 Å². The minimum absolute atomic E-state index is 1.10. The fourth-order valence-electron chi connectivity index (χ4n) is 7.84. The van der Waals surface area contributed by atoms with Crippen molar-refractivity contribution < 1.29 is 0 Å². The number of nitrogens with zero attached hydrogens (tertiary/aromatic N) is 2. The number of para-hydroxylation sites is 2. The van der Waals surface area contributed by atoms with Gasteiger partial charge < -0.3 is 9.47 Å². The van der Waals surface area contributed by atoms with Gasteiger partial charge in [-0.05, 0) is 87.1 Å². The Morgan fingerprint density at radius 2 is 0.940 bits per heavy atom. The van der Waals surface area contributed by atoms with Gasteiger partial charge in [-0.3, -0.25) is 0 Å². The van der Waals surface area contributed by atoms with E-state index in [1.54, 1.807) is 0 Å². The van der Waals surface area contributed by atoms with Crippen LogP contribution in [0.4, 0.5) is 17.1 Å². The van der Waals surface area contributed by atoms with Crippen LogP contribution in [-0.2, 0) is 0 Å². The highest BCUT2D eigenvalue weighted by molar-refractivity contribution is 6.16. The molecule has 2 heteroatoms. The van der Waals surface area contributed by atoms with Crippen LogP contribution in [0.5, 0.6) is 0 Å². The van der Waals surface area contributed by atoms with Crippen LogP contribution in [-0.4, -0.2) is 4.57 Å². The number of hydrogen-bond acceptors (Lipinski definition) is 1. The van der Waals surface area contributed by atoms with Gasteiger partial charge in [0.2, 0.25) is 0 Å². The summed E-state index contributed by atoms with van der Waals surface area (Å²) in [4.78, 5) is 2.44. The van der Waals surface area contributed by atoms with Crippen LogP contribution >= 0.6 is 0 Å². The molecule has 0 spiro atoms. The van der Waals surface area contributed by atoms with E-state index in [4.69, 9.17) is 0 Å². The maximum absolute atomic E-state index is 2.44. The molecule has 0 aliphatic heterocycles. The monoisotopic (exact) mass is 636 g/mol. The Balaban J connectivity index is 1.22. The van der Waals surface area contributed by atoms with Crippen LogP contribution in [0.2, 0.25) is 0 Å². The minimum Gasteiger partial charge on any atom is -0.309 e. The lowest BCUT2D eigenvalue weighted by molar-refractivity contribution is 1.18. The first-order valence-corrected chi connectivity index (χ1v) is 17.2. The Kier molecular flexibility index (Phi) is 6.53. The van der Waals surface area contributed by atoms with Crippen LogP contribution < -0.4 is 4.90 Å². The Hall–Kier alpha value is -6.64. The van der Waals surface area contributed by atoms with E-state index in [9.17, 15) is 0 Å². The van der Waals surface area contributed by atoms with Gasteiger partial charge in [-0.1, -0.05) is 140 Å². The molecule has 0 N–H and O–H groups in total. The summed E-state index contributed by atoms with van der Waals surface area (Å²) in [6, 6.07) is 70.5. The largest absolute Gasteiger partial charge is 0.309 e. The molecule has 10 rings (SSSR count). The van der Waals surface area contributed by atoms with E-state index in [-0.39, 0.29) is 0 Å². The summed E-state index contributed by atoms with van der Waals surface area (Å²) in [5.74, 6) is 0. The fourth-order valence-corrected chi connectivity index (χ4v) is 7.84. The number of rotatable bonds is 5. The summed E-state index contributed by atoms with van der Waals surface area (Å²) in [7, 11) is 0. The number of hydrogen-bond donors (Lipinski definition) is 0. The molecule has 1 aromatic heterocycles.